The van der Waals surface area contributed by atoms with Gasteiger partial charge in [-0.3, -0.25) is 9.48 Å². The summed E-state index contributed by atoms with van der Waals surface area (Å²) in [4.78, 5) is 16.0. The largest absolute Gasteiger partial charge is 0.333 e. The van der Waals surface area contributed by atoms with Gasteiger partial charge in [0.1, 0.15) is 6.54 Å². The number of aryl methyl sites for hydroxylation is 2. The fourth-order valence-electron chi connectivity index (χ4n) is 6.54. The maximum Gasteiger partial charge on any atom is 0.244 e. The van der Waals surface area contributed by atoms with E-state index in [9.17, 15) is 4.79 Å². The van der Waals surface area contributed by atoms with Crippen LogP contribution in [0, 0.1) is 19.3 Å². The highest BCUT2D eigenvalue weighted by molar-refractivity contribution is 5.77. The third kappa shape index (κ3) is 3.27. The van der Waals surface area contributed by atoms with Gasteiger partial charge in [0.25, 0.3) is 0 Å². The Morgan fingerprint density at radius 3 is 2.70 bits per heavy atom. The molecule has 1 saturated carbocycles. The highest BCUT2D eigenvalue weighted by Gasteiger charge is 2.60. The van der Waals surface area contributed by atoms with E-state index in [4.69, 9.17) is 0 Å². The third-order valence-electron chi connectivity index (χ3n) is 7.97. The molecule has 1 N–H and O–H groups in total. The summed E-state index contributed by atoms with van der Waals surface area (Å²) in [6.45, 7) is 6.82. The lowest BCUT2D eigenvalue weighted by Crippen LogP contribution is -2.57. The molecule has 5 atom stereocenters. The molecular formula is C25H34N4O. The molecule has 3 aliphatic rings. The predicted molar refractivity (Wildman–Crippen MR) is 118 cm³/mol. The predicted octanol–water partition coefficient (Wildman–Crippen LogP) is 3.63. The summed E-state index contributed by atoms with van der Waals surface area (Å²) >= 11 is 0. The molecular weight excluding hydrogens is 372 g/mol. The topological polar surface area (TPSA) is 50.2 Å². The highest BCUT2D eigenvalue weighted by Crippen LogP contribution is 2.52. The Kier molecular flexibility index (Phi) is 4.97. The number of nitrogens with zero attached hydrogens (tertiary/aromatic N) is 3. The minimum atomic E-state index is 0.180. The van der Waals surface area contributed by atoms with Crippen molar-refractivity contribution in [3.8, 4) is 0 Å². The molecule has 1 amide bonds. The number of rotatable bonds is 4. The van der Waals surface area contributed by atoms with Crippen molar-refractivity contribution in [3.63, 3.8) is 0 Å². The van der Waals surface area contributed by atoms with E-state index in [2.05, 4.69) is 58.6 Å². The number of aromatic nitrogens is 2. The number of hydrogen-bond donors (Lipinski definition) is 1. The van der Waals surface area contributed by atoms with E-state index in [0.717, 1.165) is 30.7 Å². The molecule has 3 heterocycles. The van der Waals surface area contributed by atoms with E-state index in [0.29, 0.717) is 24.7 Å². The first-order chi connectivity index (χ1) is 14.5. The minimum Gasteiger partial charge on any atom is -0.333 e. The maximum absolute atomic E-state index is 13.7. The van der Waals surface area contributed by atoms with Crippen LogP contribution in [0.1, 0.15) is 56.0 Å². The lowest BCUT2D eigenvalue weighted by molar-refractivity contribution is -0.136. The second-order valence-electron chi connectivity index (χ2n) is 9.98. The van der Waals surface area contributed by atoms with E-state index in [1.165, 1.54) is 24.8 Å². The molecule has 2 aromatic rings. The standard InChI is InChI=1S/C25H34N4O/c1-17-13-18(2)28(27-17)16-24(30)29-21-15-25(3)22(11-7-8-12-23(25)29)26-20(21)14-19-9-5-4-6-10-19/h4-6,9-10,13,20-23,26H,7-8,11-12,14-16H2,1-3H3/t20-,21+,22-,23+,25-/m1/s1. The number of hydrogen-bond acceptors (Lipinski definition) is 3. The van der Waals surface area contributed by atoms with Crippen LogP contribution in [0.25, 0.3) is 0 Å². The van der Waals surface area contributed by atoms with Crippen molar-refractivity contribution in [1.29, 1.82) is 0 Å². The van der Waals surface area contributed by atoms with E-state index < -0.39 is 0 Å². The normalized spacial score (nSPS) is 32.8. The first kappa shape index (κ1) is 19.8. The first-order valence-electron chi connectivity index (χ1n) is 11.6. The second-order valence-corrected chi connectivity index (χ2v) is 9.98. The van der Waals surface area contributed by atoms with Crippen LogP contribution in [0.5, 0.6) is 0 Å². The summed E-state index contributed by atoms with van der Waals surface area (Å²) in [5.74, 6) is 0.238. The quantitative estimate of drug-likeness (QED) is 0.844. The number of benzene rings is 1. The van der Waals surface area contributed by atoms with Gasteiger partial charge in [0.2, 0.25) is 5.91 Å². The summed E-state index contributed by atoms with van der Waals surface area (Å²) in [5.41, 5.74) is 3.57. The van der Waals surface area contributed by atoms with E-state index in [1.807, 2.05) is 18.5 Å². The molecule has 5 heteroatoms. The van der Waals surface area contributed by atoms with Gasteiger partial charge in [0.15, 0.2) is 0 Å². The van der Waals surface area contributed by atoms with E-state index in [1.54, 1.807) is 0 Å². The number of nitrogens with one attached hydrogen (secondary N) is 1. The van der Waals surface area contributed by atoms with Crippen LogP contribution < -0.4 is 5.32 Å². The average Bonchev–Trinajstić information content (AvgIpc) is 3.11. The molecule has 2 saturated heterocycles. The third-order valence-corrected chi connectivity index (χ3v) is 7.97. The van der Waals surface area contributed by atoms with Crippen LogP contribution in [0.3, 0.4) is 0 Å². The van der Waals surface area contributed by atoms with Crippen LogP contribution in [-0.2, 0) is 17.8 Å². The van der Waals surface area contributed by atoms with Crippen LogP contribution in [0.15, 0.2) is 36.4 Å². The zero-order valence-electron chi connectivity index (χ0n) is 18.5. The van der Waals surface area contributed by atoms with Gasteiger partial charge in [-0.25, -0.2) is 0 Å². The van der Waals surface area contributed by atoms with E-state index >= 15 is 0 Å². The number of amides is 1. The maximum atomic E-state index is 13.7. The first-order valence-corrected chi connectivity index (χ1v) is 11.6. The number of carbonyl (C=O) groups is 1. The van der Waals surface area contributed by atoms with Crippen LogP contribution >= 0.6 is 0 Å². The average molecular weight is 407 g/mol. The molecule has 0 unspecified atom stereocenters. The van der Waals surface area contributed by atoms with Crippen molar-refractivity contribution in [3.05, 3.63) is 53.3 Å². The van der Waals surface area contributed by atoms with Gasteiger partial charge >= 0.3 is 0 Å². The van der Waals surface area contributed by atoms with Gasteiger partial charge in [-0.05, 0) is 51.2 Å². The van der Waals surface area contributed by atoms with Gasteiger partial charge in [-0.15, -0.1) is 0 Å². The van der Waals surface area contributed by atoms with Gasteiger partial charge in [0.05, 0.1) is 5.69 Å². The lowest BCUT2D eigenvalue weighted by atomic mass is 9.70. The fourth-order valence-corrected chi connectivity index (χ4v) is 6.54. The number of piperidine rings is 1. The summed E-state index contributed by atoms with van der Waals surface area (Å²) in [6, 6.07) is 14.2. The summed E-state index contributed by atoms with van der Waals surface area (Å²) < 4.78 is 1.89. The van der Waals surface area contributed by atoms with Crippen molar-refractivity contribution >= 4 is 5.91 Å². The van der Waals surface area contributed by atoms with Crippen LogP contribution in [-0.4, -0.2) is 44.8 Å². The second kappa shape index (κ2) is 7.52. The molecule has 5 nitrogen and oxygen atoms in total. The zero-order valence-corrected chi connectivity index (χ0v) is 18.5. The molecule has 3 fully saturated rings. The smallest absolute Gasteiger partial charge is 0.244 e. The summed E-state index contributed by atoms with van der Waals surface area (Å²) in [7, 11) is 0. The zero-order chi connectivity index (χ0) is 20.9. The van der Waals surface area contributed by atoms with Gasteiger partial charge < -0.3 is 10.2 Å². The Hall–Kier alpha value is -2.14. The number of fused-ring (bicyclic) bond motifs is 1. The van der Waals surface area contributed by atoms with Gasteiger partial charge in [0, 0.05) is 35.3 Å². The molecule has 0 radical (unpaired) electrons. The molecule has 1 aromatic heterocycles. The highest BCUT2D eigenvalue weighted by atomic mass is 16.2. The molecule has 2 aliphatic heterocycles. The molecule has 1 aromatic carbocycles. The van der Waals surface area contributed by atoms with E-state index in [-0.39, 0.29) is 17.4 Å². The minimum absolute atomic E-state index is 0.180. The Balaban J connectivity index is 1.46. The van der Waals surface area contributed by atoms with Gasteiger partial charge in [-0.2, -0.15) is 5.10 Å². The molecule has 0 spiro atoms. The van der Waals surface area contributed by atoms with Crippen molar-refractivity contribution in [2.45, 2.75) is 90.0 Å². The van der Waals surface area contributed by atoms with Crippen molar-refractivity contribution in [2.75, 3.05) is 0 Å². The van der Waals surface area contributed by atoms with Crippen molar-refractivity contribution in [1.82, 2.24) is 20.0 Å². The molecule has 5 rings (SSSR count). The van der Waals surface area contributed by atoms with Crippen LogP contribution in [0.2, 0.25) is 0 Å². The molecule has 30 heavy (non-hydrogen) atoms. The molecule has 160 valence electrons. The Bertz CT molecular complexity index is 922. The van der Waals surface area contributed by atoms with Crippen LogP contribution in [0.4, 0.5) is 0 Å². The lowest BCUT2D eigenvalue weighted by Gasteiger charge is -2.43. The van der Waals surface area contributed by atoms with Crippen molar-refractivity contribution < 1.29 is 4.79 Å². The summed E-state index contributed by atoms with van der Waals surface area (Å²) in [6.07, 6.45) is 6.94. The Labute approximate surface area is 179 Å². The Morgan fingerprint density at radius 1 is 1.20 bits per heavy atom. The molecule has 1 aliphatic carbocycles. The number of carbonyl (C=O) groups excluding carboxylic acids is 1. The Morgan fingerprint density at radius 2 is 1.97 bits per heavy atom. The van der Waals surface area contributed by atoms with Crippen molar-refractivity contribution in [2.24, 2.45) is 5.41 Å². The monoisotopic (exact) mass is 406 g/mol. The number of likely N-dealkylation sites (tertiary alicyclic amines) is 1. The van der Waals surface area contributed by atoms with Gasteiger partial charge in [-0.1, -0.05) is 50.1 Å². The fraction of sp³-hybridized carbons (Fsp3) is 0.600. The molecule has 2 bridgehead atoms. The summed E-state index contributed by atoms with van der Waals surface area (Å²) in [5, 5.41) is 8.59. The SMILES string of the molecule is Cc1cc(C)n(CC(=O)N2[C@H]3CCCC[C@H]4N[C@H](Cc5ccccc5)[C@@H]2C[C@@]34C)n1.